The summed E-state index contributed by atoms with van der Waals surface area (Å²) in [6.45, 7) is 4.18. The van der Waals surface area contributed by atoms with Crippen molar-refractivity contribution in [1.29, 1.82) is 0 Å². The van der Waals surface area contributed by atoms with Gasteiger partial charge in [-0.05, 0) is 12.8 Å². The van der Waals surface area contributed by atoms with Crippen LogP contribution in [0.15, 0.2) is 4.99 Å². The van der Waals surface area contributed by atoms with E-state index in [0.717, 1.165) is 50.7 Å². The van der Waals surface area contributed by atoms with Crippen LogP contribution in [0, 0.1) is 5.41 Å². The highest BCUT2D eigenvalue weighted by molar-refractivity contribution is 7.99. The first kappa shape index (κ1) is 14.0. The minimum absolute atomic E-state index is 0.118. The van der Waals surface area contributed by atoms with Gasteiger partial charge in [0.25, 0.3) is 0 Å². The van der Waals surface area contributed by atoms with Crippen molar-refractivity contribution in [3.8, 4) is 0 Å². The van der Waals surface area contributed by atoms with E-state index in [1.165, 1.54) is 0 Å². The fourth-order valence-electron chi connectivity index (χ4n) is 2.31. The minimum atomic E-state index is -0.118. The van der Waals surface area contributed by atoms with Crippen LogP contribution in [0.25, 0.3) is 0 Å². The average molecular weight is 273 g/mol. The van der Waals surface area contributed by atoms with Crippen molar-refractivity contribution in [2.24, 2.45) is 16.1 Å². The van der Waals surface area contributed by atoms with E-state index in [1.54, 1.807) is 0 Å². The van der Waals surface area contributed by atoms with Gasteiger partial charge in [0.1, 0.15) is 0 Å². The van der Waals surface area contributed by atoms with Gasteiger partial charge < -0.3 is 20.5 Å². The van der Waals surface area contributed by atoms with Crippen LogP contribution in [-0.4, -0.2) is 66.9 Å². The van der Waals surface area contributed by atoms with Crippen LogP contribution in [0.1, 0.15) is 12.8 Å². The summed E-state index contributed by atoms with van der Waals surface area (Å²) >= 11 is 1.96. The zero-order chi connectivity index (χ0) is 12.8. The van der Waals surface area contributed by atoms with Gasteiger partial charge in [0.2, 0.25) is 0 Å². The third-order valence-electron chi connectivity index (χ3n) is 3.80. The number of nitrogens with two attached hydrogens (primary N) is 1. The molecule has 3 N–H and O–H groups in total. The molecule has 104 valence electrons. The Morgan fingerprint density at radius 2 is 2.00 bits per heavy atom. The number of aliphatic imine (C=N–C) groups is 1. The highest BCUT2D eigenvalue weighted by atomic mass is 32.2. The molecule has 0 unspecified atom stereocenters. The average Bonchev–Trinajstić information content (AvgIpc) is 2.47. The third-order valence-corrected chi connectivity index (χ3v) is 4.74. The Bertz CT molecular complexity index is 287. The molecule has 6 heteroatoms. The molecular formula is C12H23N3O2S. The Morgan fingerprint density at radius 3 is 2.61 bits per heavy atom. The van der Waals surface area contributed by atoms with Crippen LogP contribution in [-0.2, 0) is 4.74 Å². The molecule has 0 radical (unpaired) electrons. The molecule has 18 heavy (non-hydrogen) atoms. The smallest absolute Gasteiger partial charge is 0.191 e. The highest BCUT2D eigenvalue weighted by Gasteiger charge is 2.32. The molecule has 2 heterocycles. The molecule has 0 aromatic carbocycles. The molecule has 0 saturated carbocycles. The van der Waals surface area contributed by atoms with Crippen molar-refractivity contribution >= 4 is 17.7 Å². The molecule has 5 nitrogen and oxygen atoms in total. The number of ether oxygens (including phenoxy) is 1. The lowest BCUT2D eigenvalue weighted by molar-refractivity contribution is -0.0106. The topological polar surface area (TPSA) is 71.1 Å². The van der Waals surface area contributed by atoms with E-state index >= 15 is 0 Å². The van der Waals surface area contributed by atoms with Crippen LogP contribution < -0.4 is 5.73 Å². The predicted octanol–water partition coefficient (Wildman–Crippen LogP) is 0.139. The molecule has 0 bridgehead atoms. The molecule has 0 atom stereocenters. The maximum absolute atomic E-state index is 9.58. The molecular weight excluding hydrogens is 250 g/mol. The summed E-state index contributed by atoms with van der Waals surface area (Å²) in [5, 5.41) is 9.58. The summed E-state index contributed by atoms with van der Waals surface area (Å²) in [5.41, 5.74) is 5.92. The Labute approximate surface area is 113 Å². The summed E-state index contributed by atoms with van der Waals surface area (Å²) in [6, 6.07) is 0. The molecule has 0 aromatic heterocycles. The molecule has 0 aliphatic carbocycles. The normalized spacial score (nSPS) is 25.2. The van der Waals surface area contributed by atoms with E-state index in [4.69, 9.17) is 10.5 Å². The molecule has 2 rings (SSSR count). The zero-order valence-electron chi connectivity index (χ0n) is 10.8. The first-order valence-electron chi connectivity index (χ1n) is 6.57. The van der Waals surface area contributed by atoms with Crippen molar-refractivity contribution in [3.63, 3.8) is 0 Å². The Morgan fingerprint density at radius 1 is 1.33 bits per heavy atom. The maximum atomic E-state index is 9.58. The maximum Gasteiger partial charge on any atom is 0.191 e. The van der Waals surface area contributed by atoms with Crippen LogP contribution in [0.5, 0.6) is 0 Å². The largest absolute Gasteiger partial charge is 0.396 e. The molecule has 2 aliphatic rings. The van der Waals surface area contributed by atoms with E-state index in [-0.39, 0.29) is 12.0 Å². The Balaban J connectivity index is 1.90. The summed E-state index contributed by atoms with van der Waals surface area (Å²) in [4.78, 5) is 6.65. The minimum Gasteiger partial charge on any atom is -0.396 e. The van der Waals surface area contributed by atoms with Crippen molar-refractivity contribution in [1.82, 2.24) is 4.90 Å². The van der Waals surface area contributed by atoms with E-state index in [2.05, 4.69) is 9.89 Å². The predicted molar refractivity (Wildman–Crippen MR) is 75.0 cm³/mol. The number of guanidine groups is 1. The van der Waals surface area contributed by atoms with E-state index in [1.807, 2.05) is 11.8 Å². The van der Waals surface area contributed by atoms with Gasteiger partial charge in [-0.25, -0.2) is 0 Å². The van der Waals surface area contributed by atoms with E-state index in [9.17, 15) is 5.11 Å². The first-order valence-corrected chi connectivity index (χ1v) is 7.72. The molecule has 2 saturated heterocycles. The van der Waals surface area contributed by atoms with Crippen LogP contribution in [0.3, 0.4) is 0 Å². The van der Waals surface area contributed by atoms with Gasteiger partial charge in [-0.2, -0.15) is 11.8 Å². The van der Waals surface area contributed by atoms with Gasteiger partial charge in [0, 0.05) is 43.2 Å². The summed E-state index contributed by atoms with van der Waals surface area (Å²) in [7, 11) is 0. The number of thioether (sulfide) groups is 1. The summed E-state index contributed by atoms with van der Waals surface area (Å²) < 4.78 is 5.35. The number of nitrogens with zero attached hydrogens (tertiary/aromatic N) is 2. The lowest BCUT2D eigenvalue weighted by atomic mass is 9.81. The van der Waals surface area contributed by atoms with Crippen molar-refractivity contribution in [3.05, 3.63) is 0 Å². The molecule has 2 aliphatic heterocycles. The lowest BCUT2D eigenvalue weighted by Crippen LogP contribution is -2.44. The fourth-order valence-corrected chi connectivity index (χ4v) is 3.21. The van der Waals surface area contributed by atoms with Gasteiger partial charge >= 0.3 is 0 Å². The monoisotopic (exact) mass is 273 g/mol. The second-order valence-corrected chi connectivity index (χ2v) is 6.27. The van der Waals surface area contributed by atoms with Crippen LogP contribution >= 0.6 is 11.8 Å². The number of aliphatic hydroxyl groups excluding tert-OH is 1. The number of hydrogen-bond donors (Lipinski definition) is 2. The van der Waals surface area contributed by atoms with E-state index in [0.29, 0.717) is 12.5 Å². The van der Waals surface area contributed by atoms with Crippen molar-refractivity contribution in [2.75, 3.05) is 51.0 Å². The molecule has 2 fully saturated rings. The van der Waals surface area contributed by atoms with Gasteiger partial charge in [-0.1, -0.05) is 0 Å². The van der Waals surface area contributed by atoms with Gasteiger partial charge in [-0.3, -0.25) is 4.99 Å². The molecule has 0 aromatic rings. The number of rotatable bonds is 3. The van der Waals surface area contributed by atoms with Gasteiger partial charge in [0.05, 0.1) is 13.2 Å². The second-order valence-electron chi connectivity index (χ2n) is 5.04. The quantitative estimate of drug-likeness (QED) is 0.565. The fraction of sp³-hybridized carbons (Fsp3) is 0.917. The summed E-state index contributed by atoms with van der Waals surface area (Å²) in [6.07, 6.45) is 1.74. The zero-order valence-corrected chi connectivity index (χ0v) is 11.6. The number of hydrogen-bond acceptors (Lipinski definition) is 4. The molecule has 0 spiro atoms. The van der Waals surface area contributed by atoms with Crippen molar-refractivity contribution in [2.45, 2.75) is 12.8 Å². The van der Waals surface area contributed by atoms with Gasteiger partial charge in [-0.15, -0.1) is 0 Å². The number of aliphatic hydroxyl groups is 1. The Hall–Kier alpha value is -0.460. The first-order chi connectivity index (χ1) is 8.76. The van der Waals surface area contributed by atoms with Crippen molar-refractivity contribution < 1.29 is 9.84 Å². The van der Waals surface area contributed by atoms with E-state index < -0.39 is 0 Å². The Kier molecular flexibility index (Phi) is 5.14. The van der Waals surface area contributed by atoms with Crippen LogP contribution in [0.4, 0.5) is 0 Å². The second kappa shape index (κ2) is 6.63. The SMILES string of the molecule is NC(=NCC1(CO)CCOCC1)N1CCSCC1. The lowest BCUT2D eigenvalue weighted by Gasteiger charge is -2.34. The standard InChI is InChI=1S/C12H23N3O2S/c13-11(15-3-7-18-8-4-15)14-9-12(10-16)1-5-17-6-2-12/h16H,1-10H2,(H2,13,14). The molecule has 0 amide bonds. The highest BCUT2D eigenvalue weighted by Crippen LogP contribution is 2.30. The third kappa shape index (κ3) is 3.52. The summed E-state index contributed by atoms with van der Waals surface area (Å²) in [5.74, 6) is 2.87. The van der Waals surface area contributed by atoms with Gasteiger partial charge in [0.15, 0.2) is 5.96 Å². The van der Waals surface area contributed by atoms with Crippen LogP contribution in [0.2, 0.25) is 0 Å².